The highest BCUT2D eigenvalue weighted by Gasteiger charge is 2.33. The van der Waals surface area contributed by atoms with Crippen LogP contribution in [0.4, 0.5) is 5.69 Å². The van der Waals surface area contributed by atoms with Crippen LogP contribution in [0.5, 0.6) is 0 Å². The van der Waals surface area contributed by atoms with Crippen LogP contribution in [-0.2, 0) is 32.6 Å². The number of hydrogen-bond acceptors (Lipinski definition) is 4. The molecule has 3 rings (SSSR count). The molecule has 3 aromatic rings. The second-order valence-corrected chi connectivity index (χ2v) is 12.8. The summed E-state index contributed by atoms with van der Waals surface area (Å²) >= 11 is 12.8. The van der Waals surface area contributed by atoms with Crippen molar-refractivity contribution in [3.8, 4) is 0 Å². The monoisotopic (exact) mass is 603 g/mol. The Labute approximate surface area is 247 Å². The Hall–Kier alpha value is -3.07. The molecule has 7 nitrogen and oxygen atoms in total. The molecule has 40 heavy (non-hydrogen) atoms. The van der Waals surface area contributed by atoms with Crippen LogP contribution < -0.4 is 9.62 Å². The molecule has 10 heteroatoms. The van der Waals surface area contributed by atoms with E-state index in [1.54, 1.807) is 49.4 Å². The molecule has 1 unspecified atom stereocenters. The lowest BCUT2D eigenvalue weighted by molar-refractivity contribution is -0.140. The summed E-state index contributed by atoms with van der Waals surface area (Å²) in [5.41, 5.74) is 2.31. The Morgan fingerprint density at radius 1 is 0.900 bits per heavy atom. The Morgan fingerprint density at radius 3 is 2.15 bits per heavy atom. The first-order chi connectivity index (χ1) is 18.9. The van der Waals surface area contributed by atoms with Gasteiger partial charge in [0, 0.05) is 29.6 Å². The van der Waals surface area contributed by atoms with Gasteiger partial charge in [0.05, 0.1) is 11.9 Å². The first kappa shape index (κ1) is 31.5. The molecule has 3 aromatic carbocycles. The zero-order valence-corrected chi connectivity index (χ0v) is 25.4. The predicted molar refractivity (Wildman–Crippen MR) is 162 cm³/mol. The maximum atomic E-state index is 14.1. The number of halogens is 2. The molecule has 214 valence electrons. The SMILES string of the molecule is Cc1c(Cl)cccc1N(CC(=O)N(Cc1ccccc1Cl)C(Cc1ccccc1)C(=O)NCC(C)C)S(C)(=O)=O. The molecule has 0 aliphatic heterocycles. The number of nitrogens with one attached hydrogen (secondary N) is 1. The van der Waals surface area contributed by atoms with E-state index in [-0.39, 0.29) is 24.8 Å². The Morgan fingerprint density at radius 2 is 1.52 bits per heavy atom. The molecule has 0 radical (unpaired) electrons. The van der Waals surface area contributed by atoms with Crippen molar-refractivity contribution in [1.29, 1.82) is 0 Å². The number of carbonyl (C=O) groups is 2. The number of amides is 2. The molecular weight excluding hydrogens is 569 g/mol. The van der Waals surface area contributed by atoms with Gasteiger partial charge in [-0.1, -0.05) is 91.6 Å². The first-order valence-electron chi connectivity index (χ1n) is 13.0. The fraction of sp³-hybridized carbons (Fsp3) is 0.333. The van der Waals surface area contributed by atoms with Gasteiger partial charge in [0.2, 0.25) is 21.8 Å². The standard InChI is InChI=1S/C30H35Cl2N3O4S/c1-21(2)18-33-30(37)28(17-23-11-6-5-7-12-23)34(19-24-13-8-9-14-26(24)32)29(36)20-35(40(4,38)39)27-16-10-15-25(31)22(27)3/h5-16,21,28H,17-20H2,1-4H3,(H,33,37). The van der Waals surface area contributed by atoms with E-state index in [0.29, 0.717) is 33.4 Å². The molecule has 0 aromatic heterocycles. The zero-order valence-electron chi connectivity index (χ0n) is 23.1. The minimum absolute atomic E-state index is 0.0111. The highest BCUT2D eigenvalue weighted by atomic mass is 35.5. The largest absolute Gasteiger partial charge is 0.354 e. The lowest BCUT2D eigenvalue weighted by atomic mass is 10.0. The zero-order chi connectivity index (χ0) is 29.4. The van der Waals surface area contributed by atoms with Gasteiger partial charge >= 0.3 is 0 Å². The second kappa shape index (κ2) is 14.0. The molecule has 0 aliphatic carbocycles. The third kappa shape index (κ3) is 8.46. The average Bonchev–Trinajstić information content (AvgIpc) is 2.90. The third-order valence-corrected chi connectivity index (χ3v) is 8.35. The number of hydrogen-bond donors (Lipinski definition) is 1. The summed E-state index contributed by atoms with van der Waals surface area (Å²) in [7, 11) is -3.89. The van der Waals surface area contributed by atoms with Gasteiger partial charge in [-0.15, -0.1) is 0 Å². The maximum Gasteiger partial charge on any atom is 0.244 e. The molecule has 0 bridgehead atoms. The maximum absolute atomic E-state index is 14.1. The van der Waals surface area contributed by atoms with Crippen molar-refractivity contribution in [3.63, 3.8) is 0 Å². The fourth-order valence-corrected chi connectivity index (χ4v) is 5.51. The van der Waals surface area contributed by atoms with Gasteiger partial charge in [0.15, 0.2) is 0 Å². The van der Waals surface area contributed by atoms with Crippen molar-refractivity contribution in [2.75, 3.05) is 23.7 Å². The molecule has 0 spiro atoms. The fourth-order valence-electron chi connectivity index (χ4n) is 4.25. The van der Waals surface area contributed by atoms with Crippen LogP contribution in [0.15, 0.2) is 72.8 Å². The minimum atomic E-state index is -3.89. The molecule has 0 saturated heterocycles. The molecule has 0 saturated carbocycles. The average molecular weight is 605 g/mol. The number of benzene rings is 3. The van der Waals surface area contributed by atoms with Crippen molar-refractivity contribution in [3.05, 3.63) is 99.5 Å². The van der Waals surface area contributed by atoms with Gasteiger partial charge in [-0.3, -0.25) is 13.9 Å². The predicted octanol–water partition coefficient (Wildman–Crippen LogP) is 5.48. The topological polar surface area (TPSA) is 86.8 Å². The molecule has 0 heterocycles. The molecule has 1 N–H and O–H groups in total. The van der Waals surface area contributed by atoms with Gasteiger partial charge in [-0.05, 0) is 47.7 Å². The smallest absolute Gasteiger partial charge is 0.244 e. The van der Waals surface area contributed by atoms with Crippen LogP contribution in [-0.4, -0.2) is 50.5 Å². The number of anilines is 1. The Kier molecular flexibility index (Phi) is 11.0. The Balaban J connectivity index is 2.08. The van der Waals surface area contributed by atoms with Gasteiger partial charge in [0.1, 0.15) is 12.6 Å². The first-order valence-corrected chi connectivity index (χ1v) is 15.6. The van der Waals surface area contributed by atoms with Crippen LogP contribution in [0.25, 0.3) is 0 Å². The lowest BCUT2D eigenvalue weighted by Crippen LogP contribution is -2.53. The molecule has 0 fully saturated rings. The van der Waals surface area contributed by atoms with E-state index in [9.17, 15) is 18.0 Å². The van der Waals surface area contributed by atoms with E-state index in [0.717, 1.165) is 16.1 Å². The van der Waals surface area contributed by atoms with Crippen molar-refractivity contribution in [2.24, 2.45) is 5.92 Å². The number of nitrogens with zero attached hydrogens (tertiary/aromatic N) is 2. The van der Waals surface area contributed by atoms with Crippen molar-refractivity contribution >= 4 is 50.7 Å². The van der Waals surface area contributed by atoms with E-state index in [2.05, 4.69) is 5.32 Å². The molecule has 1 atom stereocenters. The van der Waals surface area contributed by atoms with Gasteiger partial charge < -0.3 is 10.2 Å². The summed E-state index contributed by atoms with van der Waals surface area (Å²) < 4.78 is 26.9. The van der Waals surface area contributed by atoms with Gasteiger partial charge in [-0.2, -0.15) is 0 Å². The lowest BCUT2D eigenvalue weighted by Gasteiger charge is -2.34. The summed E-state index contributed by atoms with van der Waals surface area (Å²) in [4.78, 5) is 29.2. The van der Waals surface area contributed by atoms with Crippen molar-refractivity contribution in [1.82, 2.24) is 10.2 Å². The van der Waals surface area contributed by atoms with E-state index < -0.39 is 28.5 Å². The molecule has 0 aliphatic rings. The quantitative estimate of drug-likeness (QED) is 0.297. The van der Waals surface area contributed by atoms with Crippen molar-refractivity contribution in [2.45, 2.75) is 39.8 Å². The third-order valence-electron chi connectivity index (χ3n) is 6.44. The van der Waals surface area contributed by atoms with Crippen molar-refractivity contribution < 1.29 is 18.0 Å². The summed E-state index contributed by atoms with van der Waals surface area (Å²) in [5, 5.41) is 3.77. The Bertz CT molecular complexity index is 1430. The molecule has 2 amide bonds. The summed E-state index contributed by atoms with van der Waals surface area (Å²) in [6.45, 7) is 5.58. The van der Waals surface area contributed by atoms with E-state index in [4.69, 9.17) is 23.2 Å². The number of carbonyl (C=O) groups excluding carboxylic acids is 2. The summed E-state index contributed by atoms with van der Waals surface area (Å²) in [6, 6.07) is 20.4. The van der Waals surface area contributed by atoms with Crippen LogP contribution in [0, 0.1) is 12.8 Å². The van der Waals surface area contributed by atoms with Gasteiger partial charge in [0.25, 0.3) is 0 Å². The summed E-state index contributed by atoms with van der Waals surface area (Å²) in [6.07, 6.45) is 1.27. The normalized spacial score (nSPS) is 12.2. The van der Waals surface area contributed by atoms with E-state index in [1.165, 1.54) is 4.90 Å². The highest BCUT2D eigenvalue weighted by molar-refractivity contribution is 7.92. The highest BCUT2D eigenvalue weighted by Crippen LogP contribution is 2.29. The van der Waals surface area contributed by atoms with Crippen LogP contribution >= 0.6 is 23.2 Å². The number of rotatable bonds is 12. The van der Waals surface area contributed by atoms with E-state index >= 15 is 0 Å². The van der Waals surface area contributed by atoms with Crippen LogP contribution in [0.1, 0.15) is 30.5 Å². The van der Waals surface area contributed by atoms with Crippen LogP contribution in [0.2, 0.25) is 10.0 Å². The molecular formula is C30H35Cl2N3O4S. The van der Waals surface area contributed by atoms with E-state index in [1.807, 2.05) is 44.2 Å². The minimum Gasteiger partial charge on any atom is -0.354 e. The summed E-state index contributed by atoms with van der Waals surface area (Å²) in [5.74, 6) is -0.686. The second-order valence-electron chi connectivity index (χ2n) is 10.1. The number of sulfonamides is 1. The van der Waals surface area contributed by atoms with Crippen LogP contribution in [0.3, 0.4) is 0 Å². The van der Waals surface area contributed by atoms with Gasteiger partial charge in [-0.25, -0.2) is 8.42 Å².